The number of piperazine rings is 1. The minimum atomic E-state index is -0.103. The van der Waals surface area contributed by atoms with Gasteiger partial charge in [-0.3, -0.25) is 0 Å². The van der Waals surface area contributed by atoms with Crippen LogP contribution < -0.4 is 10.1 Å². The van der Waals surface area contributed by atoms with Crippen molar-refractivity contribution in [2.45, 2.75) is 32.6 Å². The fourth-order valence-corrected chi connectivity index (χ4v) is 4.92. The van der Waals surface area contributed by atoms with Crippen molar-refractivity contribution in [3.05, 3.63) is 60.6 Å². The number of pyridine rings is 1. The molecular weight excluding hydrogens is 472 g/mol. The molecule has 3 heterocycles. The van der Waals surface area contributed by atoms with Crippen LogP contribution in [0.3, 0.4) is 0 Å². The second-order valence-corrected chi connectivity index (χ2v) is 11.3. The molecule has 7 heteroatoms. The summed E-state index contributed by atoms with van der Waals surface area (Å²) in [6.45, 7) is 13.2. The third kappa shape index (κ3) is 6.00. The molecule has 1 fully saturated rings. The Bertz CT molecular complexity index is 1380. The third-order valence-corrected chi connectivity index (χ3v) is 7.34. The van der Waals surface area contributed by atoms with Gasteiger partial charge in [-0.05, 0) is 61.1 Å². The smallest absolute Gasteiger partial charge is 0.126 e. The fourth-order valence-electron chi connectivity index (χ4n) is 4.92. The fraction of sp³-hybridized carbons (Fsp3) is 0.419. The van der Waals surface area contributed by atoms with Gasteiger partial charge in [0.1, 0.15) is 17.4 Å². The number of aromatic nitrogens is 3. The summed E-state index contributed by atoms with van der Waals surface area (Å²) in [6.07, 6.45) is 2.98. The number of imidazole rings is 1. The quantitative estimate of drug-likeness (QED) is 0.298. The summed E-state index contributed by atoms with van der Waals surface area (Å²) >= 11 is 0. The highest BCUT2D eigenvalue weighted by Gasteiger charge is 2.23. The van der Waals surface area contributed by atoms with Gasteiger partial charge in [-0.1, -0.05) is 39.0 Å². The number of hydrogen-bond donors (Lipinski definition) is 2. The number of anilines is 1. The van der Waals surface area contributed by atoms with Crippen LogP contribution in [-0.2, 0) is 5.41 Å². The number of fused-ring (bicyclic) bond motifs is 1. The Labute approximate surface area is 226 Å². The Balaban J connectivity index is 1.38. The van der Waals surface area contributed by atoms with Gasteiger partial charge in [0.2, 0.25) is 0 Å². The van der Waals surface area contributed by atoms with Crippen molar-refractivity contribution in [1.82, 2.24) is 24.8 Å². The van der Waals surface area contributed by atoms with Crippen LogP contribution >= 0.6 is 0 Å². The molecule has 4 aromatic rings. The molecule has 7 nitrogen and oxygen atoms in total. The molecule has 0 radical (unpaired) electrons. The lowest BCUT2D eigenvalue weighted by atomic mass is 9.96. The van der Waals surface area contributed by atoms with Gasteiger partial charge >= 0.3 is 0 Å². The molecule has 1 aliphatic heterocycles. The summed E-state index contributed by atoms with van der Waals surface area (Å²) in [4.78, 5) is 18.3. The normalized spacial score (nSPS) is 15.2. The first-order valence-corrected chi connectivity index (χ1v) is 13.6. The SMILES string of the molecule is COc1ccc2cc(-c3nc(C(C)(C)C)[nH]c3-c3ccnc(NCCCN4CCN(C)CC4)c3)ccc2c1. The van der Waals surface area contributed by atoms with Crippen LogP contribution in [-0.4, -0.2) is 78.2 Å². The standard InChI is InChI=1S/C31H40N6O/c1-31(2,3)30-34-28(24-8-7-23-20-26(38-5)10-9-22(23)19-24)29(35-30)25-11-13-33-27(21-25)32-12-6-14-37-17-15-36(4)16-18-37/h7-11,13,19-21H,6,12,14-18H2,1-5H3,(H,32,33)(H,34,35). The van der Waals surface area contributed by atoms with Crippen LogP contribution in [0.4, 0.5) is 5.82 Å². The third-order valence-electron chi connectivity index (χ3n) is 7.34. The molecule has 5 rings (SSSR count). The summed E-state index contributed by atoms with van der Waals surface area (Å²) in [5, 5.41) is 5.85. The molecule has 200 valence electrons. The minimum Gasteiger partial charge on any atom is -0.497 e. The highest BCUT2D eigenvalue weighted by atomic mass is 16.5. The lowest BCUT2D eigenvalue weighted by Crippen LogP contribution is -2.44. The maximum Gasteiger partial charge on any atom is 0.126 e. The maximum absolute atomic E-state index is 5.40. The van der Waals surface area contributed by atoms with Crippen molar-refractivity contribution in [1.29, 1.82) is 0 Å². The van der Waals surface area contributed by atoms with Gasteiger partial charge in [0, 0.05) is 55.5 Å². The molecule has 0 unspecified atom stereocenters. The summed E-state index contributed by atoms with van der Waals surface area (Å²) in [5.41, 5.74) is 4.04. The average Bonchev–Trinajstić information content (AvgIpc) is 3.38. The number of nitrogens with zero attached hydrogens (tertiary/aromatic N) is 4. The van der Waals surface area contributed by atoms with Crippen LogP contribution in [0.15, 0.2) is 54.7 Å². The Morgan fingerprint density at radius 1 is 0.947 bits per heavy atom. The number of benzene rings is 2. The molecule has 1 aliphatic rings. The molecule has 2 aromatic carbocycles. The summed E-state index contributed by atoms with van der Waals surface area (Å²) < 4.78 is 5.40. The van der Waals surface area contributed by atoms with Crippen molar-refractivity contribution in [3.8, 4) is 28.3 Å². The van der Waals surface area contributed by atoms with Gasteiger partial charge in [-0.25, -0.2) is 9.97 Å². The first kappa shape index (κ1) is 26.2. The molecule has 0 saturated carbocycles. The van der Waals surface area contributed by atoms with E-state index in [9.17, 15) is 0 Å². The van der Waals surface area contributed by atoms with E-state index in [4.69, 9.17) is 9.72 Å². The van der Waals surface area contributed by atoms with E-state index in [0.717, 1.165) is 96.4 Å². The predicted molar refractivity (Wildman–Crippen MR) is 157 cm³/mol. The summed E-state index contributed by atoms with van der Waals surface area (Å²) in [6, 6.07) is 16.9. The lowest BCUT2D eigenvalue weighted by molar-refractivity contribution is 0.154. The molecule has 0 amide bonds. The van der Waals surface area contributed by atoms with E-state index in [-0.39, 0.29) is 5.41 Å². The average molecular weight is 513 g/mol. The van der Waals surface area contributed by atoms with Crippen LogP contribution in [0.1, 0.15) is 33.0 Å². The number of ether oxygens (including phenoxy) is 1. The van der Waals surface area contributed by atoms with E-state index in [2.05, 4.69) is 95.4 Å². The predicted octanol–water partition coefficient (Wildman–Crippen LogP) is 5.65. The lowest BCUT2D eigenvalue weighted by Gasteiger charge is -2.32. The van der Waals surface area contributed by atoms with E-state index in [1.807, 2.05) is 12.3 Å². The number of nitrogens with one attached hydrogen (secondary N) is 2. The van der Waals surface area contributed by atoms with E-state index < -0.39 is 0 Å². The highest BCUT2D eigenvalue weighted by Crippen LogP contribution is 2.35. The Kier molecular flexibility index (Phi) is 7.68. The molecule has 0 bridgehead atoms. The first-order chi connectivity index (χ1) is 18.3. The first-order valence-electron chi connectivity index (χ1n) is 13.6. The van der Waals surface area contributed by atoms with Gasteiger partial charge in [-0.2, -0.15) is 0 Å². The monoisotopic (exact) mass is 512 g/mol. The molecule has 2 aromatic heterocycles. The van der Waals surface area contributed by atoms with Crippen LogP contribution in [0.5, 0.6) is 5.75 Å². The zero-order chi connectivity index (χ0) is 26.7. The number of likely N-dealkylation sites (N-methyl/N-ethyl adjacent to an activating group) is 1. The molecular formula is C31H40N6O. The number of H-pyrrole nitrogens is 1. The van der Waals surface area contributed by atoms with E-state index in [1.165, 1.54) is 0 Å². The highest BCUT2D eigenvalue weighted by molar-refractivity contribution is 5.90. The zero-order valence-corrected chi connectivity index (χ0v) is 23.3. The molecule has 0 aliphatic carbocycles. The van der Waals surface area contributed by atoms with E-state index in [1.54, 1.807) is 7.11 Å². The maximum atomic E-state index is 5.40. The van der Waals surface area contributed by atoms with Crippen LogP contribution in [0, 0.1) is 0 Å². The van der Waals surface area contributed by atoms with E-state index in [0.29, 0.717) is 0 Å². The van der Waals surface area contributed by atoms with Crippen LogP contribution in [0.2, 0.25) is 0 Å². The van der Waals surface area contributed by atoms with Gasteiger partial charge in [-0.15, -0.1) is 0 Å². The molecule has 0 atom stereocenters. The molecule has 2 N–H and O–H groups in total. The van der Waals surface area contributed by atoms with Crippen molar-refractivity contribution >= 4 is 16.6 Å². The number of rotatable bonds is 8. The van der Waals surface area contributed by atoms with Gasteiger partial charge in [0.05, 0.1) is 18.5 Å². The topological polar surface area (TPSA) is 69.3 Å². The van der Waals surface area contributed by atoms with Crippen LogP contribution in [0.25, 0.3) is 33.3 Å². The molecule has 0 spiro atoms. The summed E-state index contributed by atoms with van der Waals surface area (Å²) in [7, 11) is 3.90. The van der Waals surface area contributed by atoms with Gasteiger partial charge < -0.3 is 24.8 Å². The second-order valence-electron chi connectivity index (χ2n) is 11.3. The van der Waals surface area contributed by atoms with Crippen molar-refractivity contribution in [2.75, 3.05) is 58.7 Å². The van der Waals surface area contributed by atoms with Crippen molar-refractivity contribution in [3.63, 3.8) is 0 Å². The molecule has 38 heavy (non-hydrogen) atoms. The number of methoxy groups -OCH3 is 1. The Hall–Kier alpha value is -3.42. The number of aromatic amines is 1. The Morgan fingerprint density at radius 2 is 1.71 bits per heavy atom. The number of hydrogen-bond acceptors (Lipinski definition) is 6. The van der Waals surface area contributed by atoms with Crippen molar-refractivity contribution < 1.29 is 4.74 Å². The van der Waals surface area contributed by atoms with Gasteiger partial charge in [0.25, 0.3) is 0 Å². The largest absolute Gasteiger partial charge is 0.497 e. The second kappa shape index (κ2) is 11.1. The Morgan fingerprint density at radius 3 is 2.47 bits per heavy atom. The van der Waals surface area contributed by atoms with Gasteiger partial charge in [0.15, 0.2) is 0 Å². The van der Waals surface area contributed by atoms with E-state index >= 15 is 0 Å². The minimum absolute atomic E-state index is 0.103. The molecule has 1 saturated heterocycles. The zero-order valence-electron chi connectivity index (χ0n) is 23.3. The van der Waals surface area contributed by atoms with Crippen molar-refractivity contribution in [2.24, 2.45) is 0 Å². The summed E-state index contributed by atoms with van der Waals surface area (Å²) in [5.74, 6) is 2.72.